The van der Waals surface area contributed by atoms with E-state index < -0.39 is 0 Å². The van der Waals surface area contributed by atoms with Crippen molar-refractivity contribution in [3.05, 3.63) is 65.8 Å². The highest BCUT2D eigenvalue weighted by atomic mass is 79.9. The standard InChI is InChI=1S/C16H12Br2ClN3OS/c1-9-6-14(20-16(23)13-7-12(17)15(18)24-13)21-22(9)8-10-2-4-11(19)5-3-10/h2-7H,8H2,1H3,(H,20,21,23). The molecule has 3 rings (SSSR count). The van der Waals surface area contributed by atoms with Gasteiger partial charge in [-0.1, -0.05) is 23.7 Å². The quantitative estimate of drug-likeness (QED) is 0.509. The molecule has 0 aliphatic rings. The van der Waals surface area contributed by atoms with Crippen molar-refractivity contribution in [1.29, 1.82) is 0 Å². The van der Waals surface area contributed by atoms with Gasteiger partial charge in [-0.05, 0) is 62.5 Å². The first-order valence-electron chi connectivity index (χ1n) is 6.97. The largest absolute Gasteiger partial charge is 0.304 e. The number of hydrogen-bond donors (Lipinski definition) is 1. The Morgan fingerprint density at radius 1 is 1.29 bits per heavy atom. The number of carbonyl (C=O) groups is 1. The van der Waals surface area contributed by atoms with Gasteiger partial charge in [-0.3, -0.25) is 9.48 Å². The summed E-state index contributed by atoms with van der Waals surface area (Å²) in [7, 11) is 0. The van der Waals surface area contributed by atoms with Gasteiger partial charge in [0, 0.05) is 21.3 Å². The second-order valence-corrected chi connectivity index (χ2v) is 8.80. The van der Waals surface area contributed by atoms with E-state index >= 15 is 0 Å². The third kappa shape index (κ3) is 4.08. The van der Waals surface area contributed by atoms with Crippen LogP contribution in [0.25, 0.3) is 0 Å². The summed E-state index contributed by atoms with van der Waals surface area (Å²) in [5.41, 5.74) is 2.06. The number of aromatic nitrogens is 2. The number of anilines is 1. The average molecular weight is 490 g/mol. The lowest BCUT2D eigenvalue weighted by Crippen LogP contribution is -2.11. The summed E-state index contributed by atoms with van der Waals surface area (Å²) in [6.45, 7) is 2.58. The summed E-state index contributed by atoms with van der Waals surface area (Å²) in [4.78, 5) is 12.9. The minimum absolute atomic E-state index is 0.178. The maximum Gasteiger partial charge on any atom is 0.267 e. The lowest BCUT2D eigenvalue weighted by molar-refractivity contribution is 0.103. The molecule has 2 aromatic heterocycles. The van der Waals surface area contributed by atoms with Gasteiger partial charge in [0.25, 0.3) is 5.91 Å². The summed E-state index contributed by atoms with van der Waals surface area (Å²) < 4.78 is 3.60. The van der Waals surface area contributed by atoms with E-state index in [4.69, 9.17) is 11.6 Å². The lowest BCUT2D eigenvalue weighted by Gasteiger charge is -2.04. The molecule has 0 aliphatic heterocycles. The molecule has 2 heterocycles. The zero-order chi connectivity index (χ0) is 17.3. The number of halogens is 3. The molecule has 0 unspecified atom stereocenters. The van der Waals surface area contributed by atoms with Crippen LogP contribution < -0.4 is 5.32 Å². The number of thiophene rings is 1. The minimum atomic E-state index is -0.178. The smallest absolute Gasteiger partial charge is 0.267 e. The van der Waals surface area contributed by atoms with Gasteiger partial charge in [0.15, 0.2) is 5.82 Å². The lowest BCUT2D eigenvalue weighted by atomic mass is 10.2. The maximum atomic E-state index is 12.3. The van der Waals surface area contributed by atoms with Crippen LogP contribution in [0.4, 0.5) is 5.82 Å². The number of rotatable bonds is 4. The Hall–Kier alpha value is -1.15. The highest BCUT2D eigenvalue weighted by Gasteiger charge is 2.14. The number of benzene rings is 1. The first kappa shape index (κ1) is 17.7. The van der Waals surface area contributed by atoms with E-state index in [1.54, 1.807) is 6.07 Å². The summed E-state index contributed by atoms with van der Waals surface area (Å²) in [5, 5.41) is 7.99. The molecule has 0 atom stereocenters. The van der Waals surface area contributed by atoms with Crippen molar-refractivity contribution in [1.82, 2.24) is 9.78 Å². The Kier molecular flexibility index (Phi) is 5.44. The van der Waals surface area contributed by atoms with Gasteiger partial charge in [-0.25, -0.2) is 0 Å². The summed E-state index contributed by atoms with van der Waals surface area (Å²) >= 11 is 14.0. The normalized spacial score (nSPS) is 10.8. The van der Waals surface area contributed by atoms with E-state index in [1.165, 1.54) is 11.3 Å². The zero-order valence-electron chi connectivity index (χ0n) is 12.5. The number of nitrogens with one attached hydrogen (secondary N) is 1. The third-order valence-corrected chi connectivity index (χ3v) is 6.84. The SMILES string of the molecule is Cc1cc(NC(=O)c2cc(Br)c(Br)s2)nn1Cc1ccc(Cl)cc1. The fourth-order valence-corrected chi connectivity index (χ4v) is 4.19. The molecule has 0 fully saturated rings. The second-order valence-electron chi connectivity index (χ2n) is 5.14. The van der Waals surface area contributed by atoms with Gasteiger partial charge in [-0.15, -0.1) is 11.3 Å². The fourth-order valence-electron chi connectivity index (χ4n) is 2.13. The van der Waals surface area contributed by atoms with Crippen LogP contribution in [0.5, 0.6) is 0 Å². The van der Waals surface area contributed by atoms with Gasteiger partial charge in [-0.2, -0.15) is 5.10 Å². The second kappa shape index (κ2) is 7.39. The Morgan fingerprint density at radius 3 is 2.62 bits per heavy atom. The molecule has 0 radical (unpaired) electrons. The maximum absolute atomic E-state index is 12.3. The first-order valence-corrected chi connectivity index (χ1v) is 9.75. The Labute approximate surface area is 165 Å². The van der Waals surface area contributed by atoms with Crippen LogP contribution in [0.1, 0.15) is 20.9 Å². The predicted octanol–water partition coefficient (Wildman–Crippen LogP) is 5.73. The van der Waals surface area contributed by atoms with Crippen LogP contribution in [0, 0.1) is 6.92 Å². The monoisotopic (exact) mass is 487 g/mol. The van der Waals surface area contributed by atoms with Gasteiger partial charge in [0.1, 0.15) is 0 Å². The topological polar surface area (TPSA) is 46.9 Å². The number of carbonyl (C=O) groups excluding carboxylic acids is 1. The van der Waals surface area contributed by atoms with E-state index in [-0.39, 0.29) is 5.91 Å². The molecule has 0 aliphatic carbocycles. The predicted molar refractivity (Wildman–Crippen MR) is 105 cm³/mol. The number of amides is 1. The molecule has 1 N–H and O–H groups in total. The van der Waals surface area contributed by atoms with Gasteiger partial charge >= 0.3 is 0 Å². The Bertz CT molecular complexity index is 870. The summed E-state index contributed by atoms with van der Waals surface area (Å²) in [6, 6.07) is 11.3. The van der Waals surface area contributed by atoms with Crippen molar-refractivity contribution in [2.24, 2.45) is 0 Å². The van der Waals surface area contributed by atoms with E-state index in [2.05, 4.69) is 42.3 Å². The molecule has 0 saturated heterocycles. The van der Waals surface area contributed by atoms with Gasteiger partial charge in [0.2, 0.25) is 0 Å². The number of aryl methyl sites for hydroxylation is 1. The fraction of sp³-hybridized carbons (Fsp3) is 0.125. The Morgan fingerprint density at radius 2 is 2.00 bits per heavy atom. The first-order chi connectivity index (χ1) is 11.4. The van der Waals surface area contributed by atoms with Crippen molar-refractivity contribution in [2.75, 3.05) is 5.32 Å². The molecule has 8 heteroatoms. The summed E-state index contributed by atoms with van der Waals surface area (Å²) in [5.74, 6) is 0.356. The minimum Gasteiger partial charge on any atom is -0.304 e. The highest BCUT2D eigenvalue weighted by Crippen LogP contribution is 2.32. The van der Waals surface area contributed by atoms with Crippen molar-refractivity contribution in [3.63, 3.8) is 0 Å². The van der Waals surface area contributed by atoms with Crippen LogP contribution in [-0.4, -0.2) is 15.7 Å². The molecule has 0 spiro atoms. The molecule has 4 nitrogen and oxygen atoms in total. The Balaban J connectivity index is 1.73. The molecule has 124 valence electrons. The van der Waals surface area contributed by atoms with Crippen LogP contribution >= 0.6 is 54.8 Å². The summed E-state index contributed by atoms with van der Waals surface area (Å²) in [6.07, 6.45) is 0. The highest BCUT2D eigenvalue weighted by molar-refractivity contribution is 9.13. The molecule has 0 bridgehead atoms. The van der Waals surface area contributed by atoms with E-state index in [0.29, 0.717) is 22.3 Å². The molecule has 3 aromatic rings. The number of nitrogens with zero attached hydrogens (tertiary/aromatic N) is 2. The van der Waals surface area contributed by atoms with Crippen molar-refractivity contribution in [2.45, 2.75) is 13.5 Å². The average Bonchev–Trinajstić information content (AvgIpc) is 3.05. The molecular formula is C16H12Br2ClN3OS. The van der Waals surface area contributed by atoms with Crippen LogP contribution in [0.15, 0.2) is 44.7 Å². The molecule has 1 aromatic carbocycles. The van der Waals surface area contributed by atoms with Crippen LogP contribution in [0.2, 0.25) is 5.02 Å². The van der Waals surface area contributed by atoms with E-state index in [9.17, 15) is 4.79 Å². The molecule has 24 heavy (non-hydrogen) atoms. The zero-order valence-corrected chi connectivity index (χ0v) is 17.3. The van der Waals surface area contributed by atoms with Crippen LogP contribution in [0.3, 0.4) is 0 Å². The van der Waals surface area contributed by atoms with Crippen LogP contribution in [-0.2, 0) is 6.54 Å². The molecule has 1 amide bonds. The van der Waals surface area contributed by atoms with Crippen molar-refractivity contribution >= 4 is 66.5 Å². The van der Waals surface area contributed by atoms with E-state index in [1.807, 2.05) is 41.9 Å². The third-order valence-electron chi connectivity index (χ3n) is 3.34. The van der Waals surface area contributed by atoms with Crippen molar-refractivity contribution < 1.29 is 4.79 Å². The molecular weight excluding hydrogens is 478 g/mol. The van der Waals surface area contributed by atoms with E-state index in [0.717, 1.165) is 19.5 Å². The van der Waals surface area contributed by atoms with Gasteiger partial charge in [0.05, 0.1) is 15.2 Å². The molecule has 0 saturated carbocycles. The van der Waals surface area contributed by atoms with Crippen molar-refractivity contribution in [3.8, 4) is 0 Å². The number of hydrogen-bond acceptors (Lipinski definition) is 3. The van der Waals surface area contributed by atoms with Gasteiger partial charge < -0.3 is 5.32 Å².